The number of hydrogen-bond donors (Lipinski definition) is 1. The van der Waals surface area contributed by atoms with Crippen LogP contribution in [0.25, 0.3) is 0 Å². The molecule has 0 aromatic heterocycles. The molecule has 1 atom stereocenters. The van der Waals surface area contributed by atoms with E-state index < -0.39 is 15.3 Å². The lowest BCUT2D eigenvalue weighted by atomic mass is 10.1. The van der Waals surface area contributed by atoms with Crippen LogP contribution in [0.1, 0.15) is 23.7 Å². The molecule has 8 heteroatoms. The number of ketones is 1. The molecule has 2 N–H and O–H groups in total. The second kappa shape index (κ2) is 5.27. The molecule has 6 nitrogen and oxygen atoms in total. The van der Waals surface area contributed by atoms with Gasteiger partial charge in [0, 0.05) is 23.0 Å². The van der Waals surface area contributed by atoms with Gasteiger partial charge in [0.2, 0.25) is 15.9 Å². The Hall–Kier alpha value is -1.25. The Morgan fingerprint density at radius 1 is 1.45 bits per heavy atom. The van der Waals surface area contributed by atoms with Gasteiger partial charge in [0.05, 0.1) is 5.69 Å². The van der Waals surface area contributed by atoms with Gasteiger partial charge in [-0.05, 0) is 35.0 Å². The number of amides is 1. The summed E-state index contributed by atoms with van der Waals surface area (Å²) in [5.41, 5.74) is 0.934. The van der Waals surface area contributed by atoms with Gasteiger partial charge in [-0.25, -0.2) is 13.6 Å². The Bertz CT molecular complexity index is 687. The fraction of sp³-hybridized carbons (Fsp3) is 0.333. The van der Waals surface area contributed by atoms with Crippen LogP contribution in [0.5, 0.6) is 0 Å². The van der Waals surface area contributed by atoms with Crippen molar-refractivity contribution in [2.45, 2.75) is 18.6 Å². The van der Waals surface area contributed by atoms with Crippen molar-refractivity contribution in [1.82, 2.24) is 0 Å². The SMILES string of the molecule is CC(=O)c1ccc(Br)c(N2CC(S(N)(=O)=O)CC2=O)c1. The minimum Gasteiger partial charge on any atom is -0.310 e. The molecule has 0 saturated carbocycles. The van der Waals surface area contributed by atoms with E-state index >= 15 is 0 Å². The Kier molecular flexibility index (Phi) is 3.99. The van der Waals surface area contributed by atoms with E-state index in [0.29, 0.717) is 15.7 Å². The number of anilines is 1. The lowest BCUT2D eigenvalue weighted by Gasteiger charge is -2.18. The van der Waals surface area contributed by atoms with Crippen LogP contribution < -0.4 is 10.0 Å². The Morgan fingerprint density at radius 3 is 2.60 bits per heavy atom. The number of nitrogens with zero attached hydrogens (tertiary/aromatic N) is 1. The topological polar surface area (TPSA) is 97.5 Å². The standard InChI is InChI=1S/C12H13BrN2O4S/c1-7(16)8-2-3-10(13)11(4-8)15-6-9(5-12(15)17)20(14,18)19/h2-4,9H,5-6H2,1H3,(H2,14,18,19). The van der Waals surface area contributed by atoms with Crippen molar-refractivity contribution in [3.8, 4) is 0 Å². The highest BCUT2D eigenvalue weighted by atomic mass is 79.9. The average Bonchev–Trinajstić information content (AvgIpc) is 2.71. The molecule has 1 aliphatic heterocycles. The second-order valence-corrected chi connectivity index (χ2v) is 7.34. The second-order valence-electron chi connectivity index (χ2n) is 4.64. The molecule has 1 amide bonds. The first-order valence-electron chi connectivity index (χ1n) is 5.82. The highest BCUT2D eigenvalue weighted by Crippen LogP contribution is 2.32. The van der Waals surface area contributed by atoms with Crippen molar-refractivity contribution in [3.63, 3.8) is 0 Å². The average molecular weight is 361 g/mol. The zero-order chi connectivity index (χ0) is 15.1. The van der Waals surface area contributed by atoms with Crippen LogP contribution in [0, 0.1) is 0 Å². The van der Waals surface area contributed by atoms with E-state index in [1.807, 2.05) is 0 Å². The molecule has 2 rings (SSSR count). The number of benzene rings is 1. The number of Topliss-reactive ketones (excluding diaryl/α,β-unsaturated/α-hetero) is 1. The Labute approximate surface area is 125 Å². The quantitative estimate of drug-likeness (QED) is 0.814. The first-order valence-corrected chi connectivity index (χ1v) is 8.23. The molecule has 1 saturated heterocycles. The number of nitrogens with two attached hydrogens (primary N) is 1. The van der Waals surface area contributed by atoms with Gasteiger partial charge < -0.3 is 4.90 Å². The van der Waals surface area contributed by atoms with Crippen molar-refractivity contribution in [2.75, 3.05) is 11.4 Å². The van der Waals surface area contributed by atoms with E-state index in [0.717, 1.165) is 0 Å². The van der Waals surface area contributed by atoms with Crippen molar-refractivity contribution in [2.24, 2.45) is 5.14 Å². The van der Waals surface area contributed by atoms with E-state index in [-0.39, 0.29) is 24.7 Å². The zero-order valence-corrected chi connectivity index (χ0v) is 13.1. The van der Waals surface area contributed by atoms with E-state index in [1.54, 1.807) is 18.2 Å². The van der Waals surface area contributed by atoms with Gasteiger partial charge in [-0.2, -0.15) is 0 Å². The summed E-state index contributed by atoms with van der Waals surface area (Å²) in [6.07, 6.45) is -0.143. The number of primary sulfonamides is 1. The lowest BCUT2D eigenvalue weighted by Crippen LogP contribution is -2.32. The molecule has 108 valence electrons. The maximum Gasteiger partial charge on any atom is 0.228 e. The molecule has 0 radical (unpaired) electrons. The molecule has 0 spiro atoms. The highest BCUT2D eigenvalue weighted by Gasteiger charge is 2.37. The predicted molar refractivity (Wildman–Crippen MR) is 78.0 cm³/mol. The van der Waals surface area contributed by atoms with Gasteiger partial charge in [-0.15, -0.1) is 0 Å². The van der Waals surface area contributed by atoms with E-state index in [9.17, 15) is 18.0 Å². The molecule has 1 aromatic rings. The van der Waals surface area contributed by atoms with Crippen LogP contribution in [0.3, 0.4) is 0 Å². The van der Waals surface area contributed by atoms with Gasteiger partial charge in [0.25, 0.3) is 0 Å². The number of halogens is 1. The number of carbonyl (C=O) groups is 2. The van der Waals surface area contributed by atoms with Crippen molar-refractivity contribution in [1.29, 1.82) is 0 Å². The van der Waals surface area contributed by atoms with Gasteiger partial charge in [-0.1, -0.05) is 6.07 Å². The summed E-state index contributed by atoms with van der Waals surface area (Å²) in [5.74, 6) is -0.459. The van der Waals surface area contributed by atoms with Crippen LogP contribution in [-0.4, -0.2) is 31.9 Å². The molecule has 1 aromatic carbocycles. The summed E-state index contributed by atoms with van der Waals surface area (Å²) < 4.78 is 23.3. The summed E-state index contributed by atoms with van der Waals surface area (Å²) in [6, 6.07) is 4.85. The first-order chi connectivity index (χ1) is 9.20. The third kappa shape index (κ3) is 2.92. The summed E-state index contributed by atoms with van der Waals surface area (Å²) in [6.45, 7) is 1.42. The van der Waals surface area contributed by atoms with Gasteiger partial charge in [-0.3, -0.25) is 9.59 Å². The Morgan fingerprint density at radius 2 is 2.10 bits per heavy atom. The van der Waals surface area contributed by atoms with Gasteiger partial charge in [0.15, 0.2) is 5.78 Å². The first kappa shape index (κ1) is 15.1. The molecule has 1 unspecified atom stereocenters. The number of rotatable bonds is 3. The van der Waals surface area contributed by atoms with Crippen molar-refractivity contribution in [3.05, 3.63) is 28.2 Å². The number of sulfonamides is 1. The third-order valence-corrected chi connectivity index (χ3v) is 5.11. The van der Waals surface area contributed by atoms with Crippen LogP contribution in [0.4, 0.5) is 5.69 Å². The number of hydrogen-bond acceptors (Lipinski definition) is 4. The minimum atomic E-state index is -3.76. The van der Waals surface area contributed by atoms with Crippen LogP contribution in [-0.2, 0) is 14.8 Å². The fourth-order valence-electron chi connectivity index (χ4n) is 2.07. The van der Waals surface area contributed by atoms with Crippen molar-refractivity contribution >= 4 is 43.3 Å². The molecule has 1 heterocycles. The van der Waals surface area contributed by atoms with E-state index in [2.05, 4.69) is 15.9 Å². The van der Waals surface area contributed by atoms with Gasteiger partial charge >= 0.3 is 0 Å². The molecular weight excluding hydrogens is 348 g/mol. The smallest absolute Gasteiger partial charge is 0.228 e. The molecule has 20 heavy (non-hydrogen) atoms. The maximum absolute atomic E-state index is 12.0. The van der Waals surface area contributed by atoms with Crippen LogP contribution in [0.2, 0.25) is 0 Å². The molecule has 0 aliphatic carbocycles. The molecule has 1 fully saturated rings. The van der Waals surface area contributed by atoms with E-state index in [4.69, 9.17) is 5.14 Å². The summed E-state index contributed by atoms with van der Waals surface area (Å²) in [7, 11) is -3.76. The van der Waals surface area contributed by atoms with Gasteiger partial charge in [0.1, 0.15) is 5.25 Å². The van der Waals surface area contributed by atoms with Crippen LogP contribution in [0.15, 0.2) is 22.7 Å². The zero-order valence-electron chi connectivity index (χ0n) is 10.7. The predicted octanol–water partition coefficient (Wildman–Crippen LogP) is 1.05. The summed E-state index contributed by atoms with van der Waals surface area (Å²) >= 11 is 3.30. The lowest BCUT2D eigenvalue weighted by molar-refractivity contribution is -0.117. The minimum absolute atomic E-state index is 0.00236. The van der Waals surface area contributed by atoms with Crippen molar-refractivity contribution < 1.29 is 18.0 Å². The molecule has 1 aliphatic rings. The third-order valence-electron chi connectivity index (χ3n) is 3.20. The highest BCUT2D eigenvalue weighted by molar-refractivity contribution is 9.10. The fourth-order valence-corrected chi connectivity index (χ4v) is 3.26. The summed E-state index contributed by atoms with van der Waals surface area (Å²) in [4.78, 5) is 24.7. The summed E-state index contributed by atoms with van der Waals surface area (Å²) in [5, 5.41) is 4.17. The Balaban J connectivity index is 2.40. The van der Waals surface area contributed by atoms with E-state index in [1.165, 1.54) is 11.8 Å². The monoisotopic (exact) mass is 360 g/mol. The molecule has 0 bridgehead atoms. The normalized spacial score (nSPS) is 19.4. The molecular formula is C12H13BrN2O4S. The van der Waals surface area contributed by atoms with Crippen LogP contribution >= 0.6 is 15.9 Å². The number of carbonyl (C=O) groups excluding carboxylic acids is 2. The maximum atomic E-state index is 12.0. The largest absolute Gasteiger partial charge is 0.310 e.